The lowest BCUT2D eigenvalue weighted by Gasteiger charge is -2.17. The molecule has 0 saturated heterocycles. The summed E-state index contributed by atoms with van der Waals surface area (Å²) in [6.07, 6.45) is 2.75. The Bertz CT molecular complexity index is 788. The van der Waals surface area contributed by atoms with Crippen LogP contribution in [0.2, 0.25) is 0 Å². The molecular weight excluding hydrogens is 267 g/mol. The van der Waals surface area contributed by atoms with Crippen LogP contribution < -0.4 is 11.3 Å². The summed E-state index contributed by atoms with van der Waals surface area (Å²) in [6, 6.07) is 10.8. The minimum atomic E-state index is -0.406. The molecule has 1 aromatic carbocycles. The highest BCUT2D eigenvalue weighted by Crippen LogP contribution is 2.24. The number of rotatable bonds is 3. The monoisotopic (exact) mass is 282 g/mol. The Morgan fingerprint density at radius 3 is 2.76 bits per heavy atom. The van der Waals surface area contributed by atoms with Crippen LogP contribution in [0, 0.1) is 12.7 Å². The van der Waals surface area contributed by atoms with Gasteiger partial charge in [0.25, 0.3) is 0 Å². The van der Waals surface area contributed by atoms with Gasteiger partial charge in [0.15, 0.2) is 0 Å². The van der Waals surface area contributed by atoms with Gasteiger partial charge in [-0.25, -0.2) is 9.82 Å². The fourth-order valence-corrected chi connectivity index (χ4v) is 2.46. The minimum absolute atomic E-state index is 0.398. The lowest BCUT2D eigenvalue weighted by atomic mass is 10.0. The lowest BCUT2D eigenvalue weighted by Crippen LogP contribution is -2.29. The Morgan fingerprint density at radius 1 is 1.19 bits per heavy atom. The van der Waals surface area contributed by atoms with Crippen LogP contribution in [0.5, 0.6) is 0 Å². The molecule has 0 fully saturated rings. The van der Waals surface area contributed by atoms with E-state index in [0.29, 0.717) is 5.56 Å². The van der Waals surface area contributed by atoms with E-state index >= 15 is 0 Å². The first kappa shape index (κ1) is 13.6. The van der Waals surface area contributed by atoms with Crippen molar-refractivity contribution < 1.29 is 4.39 Å². The Morgan fingerprint density at radius 2 is 2.00 bits per heavy atom. The smallest absolute Gasteiger partial charge is 0.141 e. The minimum Gasteiger partial charge on any atom is -0.271 e. The van der Waals surface area contributed by atoms with Gasteiger partial charge < -0.3 is 0 Å². The first-order valence-electron chi connectivity index (χ1n) is 6.62. The van der Waals surface area contributed by atoms with Crippen LogP contribution in [-0.4, -0.2) is 9.97 Å². The molecule has 3 N–H and O–H groups in total. The van der Waals surface area contributed by atoms with E-state index in [0.717, 1.165) is 28.4 Å². The third-order valence-corrected chi connectivity index (χ3v) is 3.46. The van der Waals surface area contributed by atoms with Crippen molar-refractivity contribution in [2.75, 3.05) is 0 Å². The van der Waals surface area contributed by atoms with E-state index in [9.17, 15) is 4.39 Å². The number of benzene rings is 1. The molecule has 0 aliphatic rings. The molecule has 1 atom stereocenters. The summed E-state index contributed by atoms with van der Waals surface area (Å²) in [4.78, 5) is 8.49. The van der Waals surface area contributed by atoms with Gasteiger partial charge in [-0.05, 0) is 36.2 Å². The number of hydrogen-bond donors (Lipinski definition) is 2. The van der Waals surface area contributed by atoms with Gasteiger partial charge in [-0.1, -0.05) is 18.2 Å². The summed E-state index contributed by atoms with van der Waals surface area (Å²) < 4.78 is 13.4. The van der Waals surface area contributed by atoms with Gasteiger partial charge >= 0.3 is 0 Å². The van der Waals surface area contributed by atoms with E-state index in [2.05, 4.69) is 15.4 Å². The van der Waals surface area contributed by atoms with E-state index in [4.69, 9.17) is 5.84 Å². The standard InChI is InChI=1S/C16H15FN4/c1-10-6-15(20-14-5-3-2-4-13(10)14)16(21-18)11-7-12(17)9-19-8-11/h2-9,16,21H,18H2,1H3. The molecule has 21 heavy (non-hydrogen) atoms. The molecule has 0 aliphatic carbocycles. The number of aromatic nitrogens is 2. The number of hydrazine groups is 1. The first-order chi connectivity index (χ1) is 10.2. The van der Waals surface area contributed by atoms with Crippen molar-refractivity contribution in [1.82, 2.24) is 15.4 Å². The maximum Gasteiger partial charge on any atom is 0.141 e. The predicted molar refractivity (Wildman–Crippen MR) is 79.8 cm³/mol. The van der Waals surface area contributed by atoms with E-state index in [1.54, 1.807) is 6.20 Å². The summed E-state index contributed by atoms with van der Waals surface area (Å²) in [5.41, 5.74) is 6.04. The second-order valence-electron chi connectivity index (χ2n) is 4.92. The number of pyridine rings is 2. The third kappa shape index (κ3) is 2.61. The molecule has 2 aromatic heterocycles. The number of fused-ring (bicyclic) bond motifs is 1. The zero-order valence-corrected chi connectivity index (χ0v) is 11.5. The number of hydrogen-bond acceptors (Lipinski definition) is 4. The molecular formula is C16H15FN4. The molecule has 106 valence electrons. The van der Waals surface area contributed by atoms with Gasteiger partial charge in [-0.2, -0.15) is 0 Å². The van der Waals surface area contributed by atoms with Crippen molar-refractivity contribution in [2.24, 2.45) is 5.84 Å². The van der Waals surface area contributed by atoms with Crippen molar-refractivity contribution in [3.05, 3.63) is 71.4 Å². The molecule has 3 aromatic rings. The maximum atomic E-state index is 13.4. The number of nitrogens with one attached hydrogen (secondary N) is 1. The third-order valence-electron chi connectivity index (χ3n) is 3.46. The molecule has 0 radical (unpaired) electrons. The van der Waals surface area contributed by atoms with Crippen molar-refractivity contribution in [3.8, 4) is 0 Å². The number of aryl methyl sites for hydroxylation is 1. The molecule has 1 unspecified atom stereocenters. The molecule has 0 bridgehead atoms. The van der Waals surface area contributed by atoms with E-state index in [1.807, 2.05) is 37.3 Å². The molecule has 0 aliphatic heterocycles. The molecule has 0 spiro atoms. The Labute approximate surface area is 121 Å². The molecule has 0 amide bonds. The van der Waals surface area contributed by atoms with E-state index in [1.165, 1.54) is 6.07 Å². The van der Waals surface area contributed by atoms with E-state index < -0.39 is 11.9 Å². The number of halogens is 1. The average molecular weight is 282 g/mol. The van der Waals surface area contributed by atoms with Crippen LogP contribution in [0.25, 0.3) is 10.9 Å². The van der Waals surface area contributed by atoms with Gasteiger partial charge in [0.1, 0.15) is 5.82 Å². The van der Waals surface area contributed by atoms with Crippen LogP contribution in [0.4, 0.5) is 4.39 Å². The second-order valence-corrected chi connectivity index (χ2v) is 4.92. The highest BCUT2D eigenvalue weighted by atomic mass is 19.1. The van der Waals surface area contributed by atoms with Crippen molar-refractivity contribution in [2.45, 2.75) is 13.0 Å². The summed E-state index contributed by atoms with van der Waals surface area (Å²) in [5, 5.41) is 1.09. The molecule has 5 heteroatoms. The summed E-state index contributed by atoms with van der Waals surface area (Å²) in [7, 11) is 0. The fourth-order valence-electron chi connectivity index (χ4n) is 2.46. The summed E-state index contributed by atoms with van der Waals surface area (Å²) in [5.74, 6) is 5.24. The Hall–Kier alpha value is -2.37. The summed E-state index contributed by atoms with van der Waals surface area (Å²) >= 11 is 0. The van der Waals surface area contributed by atoms with Gasteiger partial charge in [0, 0.05) is 11.6 Å². The van der Waals surface area contributed by atoms with Crippen molar-refractivity contribution >= 4 is 10.9 Å². The SMILES string of the molecule is Cc1cc(C(NN)c2cncc(F)c2)nc2ccccc12. The number of nitrogens with two attached hydrogens (primary N) is 1. The molecule has 3 rings (SSSR count). The predicted octanol–water partition coefficient (Wildman–Crippen LogP) is 2.63. The fraction of sp³-hybridized carbons (Fsp3) is 0.125. The highest BCUT2D eigenvalue weighted by Gasteiger charge is 2.16. The maximum absolute atomic E-state index is 13.4. The van der Waals surface area contributed by atoms with Gasteiger partial charge in [0.05, 0.1) is 23.4 Å². The molecule has 4 nitrogen and oxygen atoms in total. The number of nitrogens with zero attached hydrogens (tertiary/aromatic N) is 2. The van der Waals surface area contributed by atoms with Crippen LogP contribution in [0.3, 0.4) is 0 Å². The molecule has 0 saturated carbocycles. The zero-order chi connectivity index (χ0) is 14.8. The van der Waals surface area contributed by atoms with Crippen LogP contribution in [0.1, 0.15) is 22.9 Å². The largest absolute Gasteiger partial charge is 0.271 e. The Balaban J connectivity index is 2.13. The average Bonchev–Trinajstić information content (AvgIpc) is 2.48. The lowest BCUT2D eigenvalue weighted by molar-refractivity contribution is 0.592. The highest BCUT2D eigenvalue weighted by molar-refractivity contribution is 5.82. The Kier molecular flexibility index (Phi) is 3.60. The quantitative estimate of drug-likeness (QED) is 0.572. The normalized spacial score (nSPS) is 12.5. The van der Waals surface area contributed by atoms with Gasteiger partial charge in [-0.3, -0.25) is 15.8 Å². The zero-order valence-electron chi connectivity index (χ0n) is 11.5. The summed E-state index contributed by atoms with van der Waals surface area (Å²) in [6.45, 7) is 2.02. The van der Waals surface area contributed by atoms with Crippen molar-refractivity contribution in [1.29, 1.82) is 0 Å². The van der Waals surface area contributed by atoms with E-state index in [-0.39, 0.29) is 0 Å². The van der Waals surface area contributed by atoms with Gasteiger partial charge in [-0.15, -0.1) is 0 Å². The first-order valence-corrected chi connectivity index (χ1v) is 6.62. The second kappa shape index (κ2) is 5.55. The molecule has 2 heterocycles. The number of para-hydroxylation sites is 1. The topological polar surface area (TPSA) is 63.8 Å². The van der Waals surface area contributed by atoms with Crippen LogP contribution in [-0.2, 0) is 0 Å². The van der Waals surface area contributed by atoms with Gasteiger partial charge in [0.2, 0.25) is 0 Å². The van der Waals surface area contributed by atoms with Crippen LogP contribution in [0.15, 0.2) is 48.8 Å². The van der Waals surface area contributed by atoms with Crippen LogP contribution >= 0.6 is 0 Å². The van der Waals surface area contributed by atoms with Crippen molar-refractivity contribution in [3.63, 3.8) is 0 Å².